The van der Waals surface area contributed by atoms with E-state index in [0.717, 1.165) is 0 Å². The SMILES string of the molecule is [2H][C@@H](C(=O)O)[C@H](N)C(=O)O. The highest BCUT2D eigenvalue weighted by atomic mass is 16.4. The molecule has 0 spiro atoms. The minimum atomic E-state index is -1.79. The van der Waals surface area contributed by atoms with Crippen LogP contribution in [0, 0.1) is 0 Å². The van der Waals surface area contributed by atoms with Gasteiger partial charge in [0.15, 0.2) is 0 Å². The molecule has 5 nitrogen and oxygen atoms in total. The van der Waals surface area contributed by atoms with Crippen LogP contribution in [0.5, 0.6) is 0 Å². The van der Waals surface area contributed by atoms with Crippen LogP contribution in [-0.4, -0.2) is 28.2 Å². The fourth-order valence-corrected chi connectivity index (χ4v) is 0.225. The van der Waals surface area contributed by atoms with Crippen LogP contribution in [0.4, 0.5) is 0 Å². The second kappa shape index (κ2) is 3.03. The highest BCUT2D eigenvalue weighted by Gasteiger charge is 2.14. The molecule has 0 unspecified atom stereocenters. The summed E-state index contributed by atoms with van der Waals surface area (Å²) < 4.78 is 6.66. The maximum Gasteiger partial charge on any atom is 0.321 e. The number of nitrogens with two attached hydrogens (primary N) is 1. The van der Waals surface area contributed by atoms with Crippen LogP contribution in [0.15, 0.2) is 0 Å². The van der Waals surface area contributed by atoms with Crippen LogP contribution in [0.1, 0.15) is 7.77 Å². The third kappa shape index (κ3) is 3.48. The zero-order chi connectivity index (χ0) is 8.31. The van der Waals surface area contributed by atoms with E-state index in [-0.39, 0.29) is 0 Å². The normalized spacial score (nSPS) is 17.7. The van der Waals surface area contributed by atoms with Crippen molar-refractivity contribution in [1.82, 2.24) is 0 Å². The van der Waals surface area contributed by atoms with Gasteiger partial charge in [0.2, 0.25) is 0 Å². The molecule has 0 aromatic rings. The summed E-state index contributed by atoms with van der Waals surface area (Å²) in [4.78, 5) is 19.9. The first-order valence-corrected chi connectivity index (χ1v) is 2.10. The molecule has 0 saturated carbocycles. The highest BCUT2D eigenvalue weighted by Crippen LogP contribution is 1.86. The third-order valence-corrected chi connectivity index (χ3v) is 0.607. The summed E-state index contributed by atoms with van der Waals surface area (Å²) >= 11 is 0. The molecular formula is C4H7NO4. The molecule has 0 bridgehead atoms. The zero-order valence-electron chi connectivity index (χ0n) is 5.44. The Morgan fingerprint density at radius 1 is 1.67 bits per heavy atom. The van der Waals surface area contributed by atoms with E-state index in [1.807, 2.05) is 0 Å². The predicted molar refractivity (Wildman–Crippen MR) is 27.9 cm³/mol. The van der Waals surface area contributed by atoms with Crippen molar-refractivity contribution in [2.45, 2.75) is 12.4 Å². The van der Waals surface area contributed by atoms with E-state index in [2.05, 4.69) is 0 Å². The van der Waals surface area contributed by atoms with Gasteiger partial charge in [0.1, 0.15) is 6.04 Å². The molecule has 0 aliphatic carbocycles. The maximum atomic E-state index is 9.94. The van der Waals surface area contributed by atoms with Gasteiger partial charge in [-0.1, -0.05) is 0 Å². The van der Waals surface area contributed by atoms with Gasteiger partial charge in [-0.05, 0) is 0 Å². The first-order chi connectivity index (χ1) is 4.46. The average molecular weight is 134 g/mol. The van der Waals surface area contributed by atoms with Crippen LogP contribution < -0.4 is 5.73 Å². The molecule has 2 atom stereocenters. The van der Waals surface area contributed by atoms with Gasteiger partial charge in [-0.25, -0.2) is 0 Å². The van der Waals surface area contributed by atoms with Crippen molar-refractivity contribution in [3.8, 4) is 0 Å². The van der Waals surface area contributed by atoms with E-state index in [9.17, 15) is 9.59 Å². The van der Waals surface area contributed by atoms with E-state index in [1.54, 1.807) is 0 Å². The lowest BCUT2D eigenvalue weighted by atomic mass is 10.2. The largest absolute Gasteiger partial charge is 0.481 e. The van der Waals surface area contributed by atoms with Gasteiger partial charge in [0.25, 0.3) is 0 Å². The lowest BCUT2D eigenvalue weighted by molar-refractivity contribution is -0.144. The third-order valence-electron chi connectivity index (χ3n) is 0.607. The summed E-state index contributed by atoms with van der Waals surface area (Å²) in [5.41, 5.74) is 4.79. The van der Waals surface area contributed by atoms with Crippen molar-refractivity contribution in [3.63, 3.8) is 0 Å². The standard InChI is InChI=1S/C4H7NO4/c5-2(4(8)9)1-3(6)7/h2H,1,5H2,(H,6,7)(H,8,9)/t2-/m0/s1/i1D/t1-,2+/m1. The Morgan fingerprint density at radius 2 is 2.11 bits per heavy atom. The van der Waals surface area contributed by atoms with Gasteiger partial charge in [0, 0.05) is 1.37 Å². The summed E-state index contributed by atoms with van der Waals surface area (Å²) in [6.07, 6.45) is -1.79. The van der Waals surface area contributed by atoms with E-state index < -0.39 is 24.4 Å². The molecule has 4 N–H and O–H groups in total. The Hall–Kier alpha value is -1.10. The molecule has 5 heteroatoms. The summed E-state index contributed by atoms with van der Waals surface area (Å²) in [6.45, 7) is 0. The first-order valence-electron chi connectivity index (χ1n) is 2.68. The molecule has 0 aliphatic rings. The number of carbonyl (C=O) groups is 2. The highest BCUT2D eigenvalue weighted by molar-refractivity contribution is 5.80. The van der Waals surface area contributed by atoms with Gasteiger partial charge >= 0.3 is 11.9 Å². The summed E-state index contributed by atoms with van der Waals surface area (Å²) in [5, 5.41) is 16.2. The van der Waals surface area contributed by atoms with E-state index >= 15 is 0 Å². The van der Waals surface area contributed by atoms with Crippen molar-refractivity contribution >= 4 is 11.9 Å². The minimum Gasteiger partial charge on any atom is -0.481 e. The second-order valence-electron chi connectivity index (χ2n) is 1.37. The van der Waals surface area contributed by atoms with Crippen LogP contribution in [-0.2, 0) is 9.59 Å². The minimum absolute atomic E-state index is 1.48. The van der Waals surface area contributed by atoms with Crippen molar-refractivity contribution < 1.29 is 21.2 Å². The Morgan fingerprint density at radius 3 is 2.22 bits per heavy atom. The summed E-state index contributed by atoms with van der Waals surface area (Å²) in [7, 11) is 0. The molecule has 0 aromatic carbocycles. The lowest BCUT2D eigenvalue weighted by Gasteiger charge is -1.99. The second-order valence-corrected chi connectivity index (χ2v) is 1.37. The molecule has 0 rings (SSSR count). The summed E-state index contributed by atoms with van der Waals surface area (Å²) in [5.74, 6) is -3.02. The average Bonchev–Trinajstić information content (AvgIpc) is 1.84. The Kier molecular flexibility index (Phi) is 2.03. The smallest absolute Gasteiger partial charge is 0.321 e. The molecule has 0 amide bonds. The fourth-order valence-electron chi connectivity index (χ4n) is 0.225. The van der Waals surface area contributed by atoms with Gasteiger partial charge in [0.05, 0.1) is 6.40 Å². The molecule has 52 valence electrons. The fraction of sp³-hybridized carbons (Fsp3) is 0.500. The number of rotatable bonds is 3. The number of aliphatic carboxylic acids is 2. The summed E-state index contributed by atoms with van der Waals surface area (Å²) in [6, 6.07) is -1.66. The maximum absolute atomic E-state index is 9.94. The number of carboxylic acids is 2. The molecule has 0 saturated heterocycles. The van der Waals surface area contributed by atoms with Crippen molar-refractivity contribution in [1.29, 1.82) is 0 Å². The molecule has 0 radical (unpaired) electrons. The number of hydrogen-bond acceptors (Lipinski definition) is 3. The molecule has 0 fully saturated rings. The predicted octanol–water partition coefficient (Wildman–Crippen LogP) is -1.13. The molecule has 0 heterocycles. The molecule has 9 heavy (non-hydrogen) atoms. The number of hydrogen-bond donors (Lipinski definition) is 3. The van der Waals surface area contributed by atoms with Crippen molar-refractivity contribution in [2.75, 3.05) is 0 Å². The van der Waals surface area contributed by atoms with E-state index in [0.29, 0.717) is 0 Å². The quantitative estimate of drug-likeness (QED) is 0.453. The Bertz CT molecular complexity index is 141. The first kappa shape index (κ1) is 6.03. The van der Waals surface area contributed by atoms with E-state index in [4.69, 9.17) is 17.3 Å². The van der Waals surface area contributed by atoms with Crippen molar-refractivity contribution in [2.24, 2.45) is 5.73 Å². The molecule has 0 aromatic heterocycles. The Labute approximate surface area is 52.5 Å². The van der Waals surface area contributed by atoms with Crippen molar-refractivity contribution in [3.05, 3.63) is 0 Å². The molecular weight excluding hydrogens is 126 g/mol. The monoisotopic (exact) mass is 134 g/mol. The van der Waals surface area contributed by atoms with Gasteiger partial charge < -0.3 is 15.9 Å². The van der Waals surface area contributed by atoms with Crippen LogP contribution >= 0.6 is 0 Å². The van der Waals surface area contributed by atoms with Gasteiger partial charge in [-0.15, -0.1) is 0 Å². The Balaban J connectivity index is 4.07. The molecule has 0 aliphatic heterocycles. The van der Waals surface area contributed by atoms with Gasteiger partial charge in [-0.3, -0.25) is 9.59 Å². The van der Waals surface area contributed by atoms with Crippen LogP contribution in [0.25, 0.3) is 0 Å². The van der Waals surface area contributed by atoms with Gasteiger partial charge in [-0.2, -0.15) is 0 Å². The van der Waals surface area contributed by atoms with E-state index in [1.165, 1.54) is 0 Å². The van der Waals surface area contributed by atoms with Crippen LogP contribution in [0.2, 0.25) is 0 Å². The number of carboxylic acid groups (broad SMARTS) is 2. The van der Waals surface area contributed by atoms with Crippen LogP contribution in [0.3, 0.4) is 0 Å². The zero-order valence-corrected chi connectivity index (χ0v) is 4.44. The lowest BCUT2D eigenvalue weighted by Crippen LogP contribution is -2.32. The topological polar surface area (TPSA) is 101 Å².